The van der Waals surface area contributed by atoms with Crippen LogP contribution in [0.4, 0.5) is 0 Å². The van der Waals surface area contributed by atoms with E-state index in [0.717, 1.165) is 18.8 Å². The molecule has 1 unspecified atom stereocenters. The molecule has 0 aromatic heterocycles. The van der Waals surface area contributed by atoms with Gasteiger partial charge in [-0.25, -0.2) is 0 Å². The molecule has 21 heavy (non-hydrogen) atoms. The van der Waals surface area contributed by atoms with Gasteiger partial charge in [0.2, 0.25) is 0 Å². The SMILES string of the molecule is C#CCOc1ccccc1CNCC(CC)N1CCCC1. The predicted molar refractivity (Wildman–Crippen MR) is 87.4 cm³/mol. The van der Waals surface area contributed by atoms with Crippen LogP contribution in [0.1, 0.15) is 31.7 Å². The summed E-state index contributed by atoms with van der Waals surface area (Å²) in [6, 6.07) is 8.74. The van der Waals surface area contributed by atoms with Crippen molar-refractivity contribution in [2.75, 3.05) is 26.2 Å². The van der Waals surface area contributed by atoms with E-state index in [0.29, 0.717) is 12.6 Å². The first-order valence-electron chi connectivity index (χ1n) is 7.94. The molecule has 0 amide bonds. The Labute approximate surface area is 128 Å². The summed E-state index contributed by atoms with van der Waals surface area (Å²) >= 11 is 0. The van der Waals surface area contributed by atoms with Crippen molar-refractivity contribution in [1.29, 1.82) is 0 Å². The lowest BCUT2D eigenvalue weighted by Crippen LogP contribution is -2.40. The molecule has 3 heteroatoms. The average Bonchev–Trinajstić information content (AvgIpc) is 3.04. The van der Waals surface area contributed by atoms with Crippen LogP contribution in [0.5, 0.6) is 5.75 Å². The maximum Gasteiger partial charge on any atom is 0.148 e. The summed E-state index contributed by atoms with van der Waals surface area (Å²) < 4.78 is 5.58. The Morgan fingerprint density at radius 1 is 1.33 bits per heavy atom. The van der Waals surface area contributed by atoms with E-state index in [1.54, 1.807) is 0 Å². The highest BCUT2D eigenvalue weighted by molar-refractivity contribution is 5.33. The second-order valence-corrected chi connectivity index (χ2v) is 5.54. The Kier molecular flexibility index (Phi) is 6.59. The van der Waals surface area contributed by atoms with Crippen LogP contribution in [0.3, 0.4) is 0 Å². The van der Waals surface area contributed by atoms with Crippen LogP contribution >= 0.6 is 0 Å². The molecule has 1 fully saturated rings. The van der Waals surface area contributed by atoms with Gasteiger partial charge >= 0.3 is 0 Å². The van der Waals surface area contributed by atoms with Crippen LogP contribution in [0.15, 0.2) is 24.3 Å². The molecule has 1 aromatic carbocycles. The maximum atomic E-state index is 5.58. The summed E-state index contributed by atoms with van der Waals surface area (Å²) in [6.07, 6.45) is 9.15. The quantitative estimate of drug-likeness (QED) is 0.744. The van der Waals surface area contributed by atoms with Crippen molar-refractivity contribution < 1.29 is 4.74 Å². The minimum atomic E-state index is 0.322. The third kappa shape index (κ3) is 4.77. The molecule has 114 valence electrons. The first-order chi connectivity index (χ1) is 10.3. The van der Waals surface area contributed by atoms with Crippen molar-refractivity contribution in [3.05, 3.63) is 29.8 Å². The summed E-state index contributed by atoms with van der Waals surface area (Å²) in [4.78, 5) is 2.60. The van der Waals surface area contributed by atoms with Gasteiger partial charge in [-0.05, 0) is 38.4 Å². The van der Waals surface area contributed by atoms with Crippen molar-refractivity contribution in [3.8, 4) is 18.1 Å². The Hall–Kier alpha value is -1.50. The Morgan fingerprint density at radius 2 is 2.10 bits per heavy atom. The molecular formula is C18H26N2O. The largest absolute Gasteiger partial charge is 0.481 e. The summed E-state index contributed by atoms with van der Waals surface area (Å²) in [5, 5.41) is 3.57. The number of benzene rings is 1. The lowest BCUT2D eigenvalue weighted by atomic mass is 10.1. The van der Waals surface area contributed by atoms with Gasteiger partial charge in [0.15, 0.2) is 0 Å². The van der Waals surface area contributed by atoms with Gasteiger partial charge < -0.3 is 10.1 Å². The fourth-order valence-corrected chi connectivity index (χ4v) is 2.92. The van der Waals surface area contributed by atoms with Crippen molar-refractivity contribution in [2.24, 2.45) is 0 Å². The molecule has 1 N–H and O–H groups in total. The number of terminal acetylenes is 1. The van der Waals surface area contributed by atoms with Crippen LogP contribution in [-0.4, -0.2) is 37.2 Å². The van der Waals surface area contributed by atoms with Gasteiger partial charge in [0.1, 0.15) is 12.4 Å². The van der Waals surface area contributed by atoms with E-state index in [1.807, 2.05) is 18.2 Å². The van der Waals surface area contributed by atoms with Crippen molar-refractivity contribution >= 4 is 0 Å². The molecule has 1 saturated heterocycles. The van der Waals surface area contributed by atoms with Crippen LogP contribution in [-0.2, 0) is 6.54 Å². The van der Waals surface area contributed by atoms with E-state index in [9.17, 15) is 0 Å². The summed E-state index contributed by atoms with van der Waals surface area (Å²) in [7, 11) is 0. The molecule has 1 atom stereocenters. The van der Waals surface area contributed by atoms with E-state index in [2.05, 4.69) is 29.1 Å². The number of hydrogen-bond donors (Lipinski definition) is 1. The highest BCUT2D eigenvalue weighted by Crippen LogP contribution is 2.18. The number of likely N-dealkylation sites (tertiary alicyclic amines) is 1. The fourth-order valence-electron chi connectivity index (χ4n) is 2.92. The molecule has 1 aromatic rings. The summed E-state index contributed by atoms with van der Waals surface area (Å²) in [6.45, 7) is 6.95. The molecule has 1 aliphatic heterocycles. The lowest BCUT2D eigenvalue weighted by molar-refractivity contribution is 0.229. The van der Waals surface area contributed by atoms with E-state index >= 15 is 0 Å². The van der Waals surface area contributed by atoms with Gasteiger partial charge in [-0.2, -0.15) is 0 Å². The van der Waals surface area contributed by atoms with Crippen LogP contribution in [0, 0.1) is 12.3 Å². The Morgan fingerprint density at radius 3 is 2.81 bits per heavy atom. The zero-order chi connectivity index (χ0) is 14.9. The minimum Gasteiger partial charge on any atom is -0.481 e. The molecule has 0 saturated carbocycles. The number of nitrogens with one attached hydrogen (secondary N) is 1. The van der Waals surface area contributed by atoms with E-state index < -0.39 is 0 Å². The van der Waals surface area contributed by atoms with E-state index in [1.165, 1.54) is 37.9 Å². The number of nitrogens with zero attached hydrogens (tertiary/aromatic N) is 1. The van der Waals surface area contributed by atoms with Crippen molar-refractivity contribution in [1.82, 2.24) is 10.2 Å². The van der Waals surface area contributed by atoms with Crippen LogP contribution in [0.2, 0.25) is 0 Å². The Bertz CT molecular complexity index is 461. The minimum absolute atomic E-state index is 0.322. The number of hydrogen-bond acceptors (Lipinski definition) is 3. The summed E-state index contributed by atoms with van der Waals surface area (Å²) in [5.74, 6) is 3.40. The second-order valence-electron chi connectivity index (χ2n) is 5.54. The first kappa shape index (κ1) is 15.9. The van der Waals surface area contributed by atoms with Gasteiger partial charge in [-0.15, -0.1) is 6.42 Å². The molecule has 0 radical (unpaired) electrons. The monoisotopic (exact) mass is 286 g/mol. The first-order valence-corrected chi connectivity index (χ1v) is 7.94. The second kappa shape index (κ2) is 8.71. The average molecular weight is 286 g/mol. The van der Waals surface area contributed by atoms with E-state index in [4.69, 9.17) is 11.2 Å². The lowest BCUT2D eigenvalue weighted by Gasteiger charge is -2.26. The number of ether oxygens (including phenoxy) is 1. The predicted octanol–water partition coefficient (Wildman–Crippen LogP) is 2.66. The molecule has 1 heterocycles. The topological polar surface area (TPSA) is 24.5 Å². The van der Waals surface area contributed by atoms with Gasteiger partial charge in [0.05, 0.1) is 0 Å². The molecule has 0 spiro atoms. The Balaban J connectivity index is 1.83. The van der Waals surface area contributed by atoms with Gasteiger partial charge in [0, 0.05) is 24.7 Å². The molecule has 0 bridgehead atoms. The molecule has 1 aliphatic rings. The molecule has 2 rings (SSSR count). The van der Waals surface area contributed by atoms with Crippen molar-refractivity contribution in [3.63, 3.8) is 0 Å². The summed E-state index contributed by atoms with van der Waals surface area (Å²) in [5.41, 5.74) is 1.17. The highest BCUT2D eigenvalue weighted by atomic mass is 16.5. The maximum absolute atomic E-state index is 5.58. The molecular weight excluding hydrogens is 260 g/mol. The number of para-hydroxylation sites is 1. The zero-order valence-electron chi connectivity index (χ0n) is 13.0. The van der Waals surface area contributed by atoms with Crippen LogP contribution in [0.25, 0.3) is 0 Å². The zero-order valence-corrected chi connectivity index (χ0v) is 13.0. The highest BCUT2D eigenvalue weighted by Gasteiger charge is 2.19. The van der Waals surface area contributed by atoms with Gasteiger partial charge in [-0.3, -0.25) is 4.90 Å². The van der Waals surface area contributed by atoms with Crippen molar-refractivity contribution in [2.45, 2.75) is 38.8 Å². The molecule has 3 nitrogen and oxygen atoms in total. The normalized spacial score (nSPS) is 16.6. The molecule has 0 aliphatic carbocycles. The van der Waals surface area contributed by atoms with Crippen LogP contribution < -0.4 is 10.1 Å². The third-order valence-corrected chi connectivity index (χ3v) is 4.11. The third-order valence-electron chi connectivity index (χ3n) is 4.11. The number of rotatable bonds is 8. The van der Waals surface area contributed by atoms with Gasteiger partial charge in [0.25, 0.3) is 0 Å². The smallest absolute Gasteiger partial charge is 0.148 e. The van der Waals surface area contributed by atoms with Gasteiger partial charge in [-0.1, -0.05) is 31.0 Å². The fraction of sp³-hybridized carbons (Fsp3) is 0.556. The standard InChI is InChI=1S/C18H26N2O/c1-3-13-21-18-10-6-5-9-16(18)14-19-15-17(4-2)20-11-7-8-12-20/h1,5-6,9-10,17,19H,4,7-8,11-15H2,2H3. The van der Waals surface area contributed by atoms with E-state index in [-0.39, 0.29) is 0 Å².